The van der Waals surface area contributed by atoms with Crippen LogP contribution < -0.4 is 0 Å². The Morgan fingerprint density at radius 3 is 2.15 bits per heavy atom. The molecule has 1 N–H and O–H groups in total. The zero-order chi connectivity index (χ0) is 14.8. The fourth-order valence-corrected chi connectivity index (χ4v) is 2.56. The number of carbonyl (C=O) groups excluding carboxylic acids is 1. The molecule has 0 bridgehead atoms. The zero-order valence-electron chi connectivity index (χ0n) is 13.0. The molecule has 0 unspecified atom stereocenters. The molecule has 0 atom stereocenters. The van der Waals surface area contributed by atoms with Gasteiger partial charge in [0.25, 0.3) is 0 Å². The molecule has 2 heteroatoms. The van der Waals surface area contributed by atoms with Gasteiger partial charge in [0.2, 0.25) is 0 Å². The molecule has 0 saturated heterocycles. The van der Waals surface area contributed by atoms with Crippen LogP contribution in [0.2, 0.25) is 0 Å². The Balaban J connectivity index is 2.85. The number of aryl methyl sites for hydroxylation is 2. The molecule has 1 rings (SSSR count). The molecule has 0 spiro atoms. The molecule has 1 aromatic carbocycles. The first kappa shape index (κ1) is 16.7. The Bertz CT molecular complexity index is 410. The number of aldehydes is 1. The van der Waals surface area contributed by atoms with E-state index in [-0.39, 0.29) is 0 Å². The number of phenolic OH excluding ortho intramolecular Hbond substituents is 1. The van der Waals surface area contributed by atoms with Crippen LogP contribution in [0.5, 0.6) is 5.75 Å². The molecule has 0 amide bonds. The lowest BCUT2D eigenvalue weighted by molar-refractivity contribution is -0.107. The normalized spacial score (nSPS) is 10.7. The first-order valence-corrected chi connectivity index (χ1v) is 8.00. The maximum atomic E-state index is 10.8. The van der Waals surface area contributed by atoms with E-state index >= 15 is 0 Å². The Kier molecular flexibility index (Phi) is 8.01. The minimum Gasteiger partial charge on any atom is -0.507 e. The zero-order valence-corrected chi connectivity index (χ0v) is 13.0. The highest BCUT2D eigenvalue weighted by Crippen LogP contribution is 2.27. The van der Waals surface area contributed by atoms with E-state index in [0.29, 0.717) is 12.2 Å². The van der Waals surface area contributed by atoms with E-state index in [1.807, 2.05) is 6.07 Å². The molecule has 0 aliphatic heterocycles. The van der Waals surface area contributed by atoms with Crippen LogP contribution in [-0.2, 0) is 24.1 Å². The van der Waals surface area contributed by atoms with Crippen molar-refractivity contribution in [3.63, 3.8) is 0 Å². The van der Waals surface area contributed by atoms with Gasteiger partial charge in [-0.15, -0.1) is 0 Å². The summed E-state index contributed by atoms with van der Waals surface area (Å²) in [5.41, 5.74) is 3.07. The van der Waals surface area contributed by atoms with Crippen molar-refractivity contribution in [3.8, 4) is 5.75 Å². The van der Waals surface area contributed by atoms with E-state index in [1.165, 1.54) is 37.7 Å². The summed E-state index contributed by atoms with van der Waals surface area (Å²) >= 11 is 0. The summed E-state index contributed by atoms with van der Waals surface area (Å²) in [4.78, 5) is 10.8. The average Bonchev–Trinajstić information content (AvgIpc) is 2.44. The van der Waals surface area contributed by atoms with Gasteiger partial charge in [0.15, 0.2) is 0 Å². The molecule has 0 heterocycles. The van der Waals surface area contributed by atoms with Gasteiger partial charge in [-0.1, -0.05) is 51.7 Å². The number of hydrogen-bond donors (Lipinski definition) is 1. The average molecular weight is 276 g/mol. The summed E-state index contributed by atoms with van der Waals surface area (Å²) in [6, 6.07) is 4.14. The SMILES string of the molecule is CCCCCc1cc(CC=O)c(O)c(CCCCC)c1. The van der Waals surface area contributed by atoms with Gasteiger partial charge >= 0.3 is 0 Å². The molecule has 0 aliphatic carbocycles. The summed E-state index contributed by atoms with van der Waals surface area (Å²) < 4.78 is 0. The number of carbonyl (C=O) groups is 1. The van der Waals surface area contributed by atoms with Crippen molar-refractivity contribution in [2.75, 3.05) is 0 Å². The van der Waals surface area contributed by atoms with E-state index in [9.17, 15) is 9.90 Å². The van der Waals surface area contributed by atoms with Crippen LogP contribution in [-0.4, -0.2) is 11.4 Å². The Labute approximate surface area is 123 Å². The third-order valence-electron chi connectivity index (χ3n) is 3.75. The van der Waals surface area contributed by atoms with E-state index < -0.39 is 0 Å². The second kappa shape index (κ2) is 9.57. The summed E-state index contributed by atoms with van der Waals surface area (Å²) in [5, 5.41) is 10.3. The number of hydrogen-bond acceptors (Lipinski definition) is 2. The van der Waals surface area contributed by atoms with Crippen molar-refractivity contribution >= 4 is 6.29 Å². The van der Waals surface area contributed by atoms with Gasteiger partial charge in [0.05, 0.1) is 0 Å². The van der Waals surface area contributed by atoms with Crippen LogP contribution in [0.1, 0.15) is 69.1 Å². The number of unbranched alkanes of at least 4 members (excludes halogenated alkanes) is 4. The standard InChI is InChI=1S/C18H28O2/c1-3-5-7-9-15-13-16(10-8-6-4-2)18(20)17(14-15)11-12-19/h12-14,20H,3-11H2,1-2H3. The van der Waals surface area contributed by atoms with Crippen molar-refractivity contribution in [2.24, 2.45) is 0 Å². The van der Waals surface area contributed by atoms with E-state index in [2.05, 4.69) is 19.9 Å². The molecule has 0 radical (unpaired) electrons. The minimum atomic E-state index is 0.314. The lowest BCUT2D eigenvalue weighted by Gasteiger charge is -2.12. The molecule has 112 valence electrons. The summed E-state index contributed by atoms with van der Waals surface area (Å²) in [6.07, 6.45) is 10.2. The molecule has 2 nitrogen and oxygen atoms in total. The Morgan fingerprint density at radius 1 is 0.950 bits per heavy atom. The summed E-state index contributed by atoms with van der Waals surface area (Å²) in [7, 11) is 0. The number of benzene rings is 1. The molecular formula is C18H28O2. The lowest BCUT2D eigenvalue weighted by atomic mass is 9.96. The van der Waals surface area contributed by atoms with E-state index in [1.54, 1.807) is 0 Å². The summed E-state index contributed by atoms with van der Waals surface area (Å²) in [6.45, 7) is 4.38. The predicted octanol–water partition coefficient (Wildman–Crippen LogP) is 4.60. The second-order valence-electron chi connectivity index (χ2n) is 5.55. The monoisotopic (exact) mass is 276 g/mol. The first-order chi connectivity index (χ1) is 9.72. The molecule has 0 fully saturated rings. The molecular weight excluding hydrogens is 248 g/mol. The maximum Gasteiger partial charge on any atom is 0.124 e. The second-order valence-corrected chi connectivity index (χ2v) is 5.55. The Hall–Kier alpha value is -1.31. The van der Waals surface area contributed by atoms with Gasteiger partial charge in [-0.3, -0.25) is 0 Å². The van der Waals surface area contributed by atoms with Gasteiger partial charge in [0.1, 0.15) is 12.0 Å². The van der Waals surface area contributed by atoms with Crippen LogP contribution in [0.25, 0.3) is 0 Å². The Morgan fingerprint density at radius 2 is 1.55 bits per heavy atom. The van der Waals surface area contributed by atoms with Gasteiger partial charge in [-0.25, -0.2) is 0 Å². The summed E-state index contributed by atoms with van der Waals surface area (Å²) in [5.74, 6) is 0.340. The van der Waals surface area contributed by atoms with Crippen molar-refractivity contribution in [1.29, 1.82) is 0 Å². The number of rotatable bonds is 10. The minimum absolute atomic E-state index is 0.314. The topological polar surface area (TPSA) is 37.3 Å². The highest BCUT2D eigenvalue weighted by molar-refractivity contribution is 5.59. The van der Waals surface area contributed by atoms with Crippen molar-refractivity contribution in [3.05, 3.63) is 28.8 Å². The van der Waals surface area contributed by atoms with Gasteiger partial charge in [0, 0.05) is 12.0 Å². The van der Waals surface area contributed by atoms with E-state index in [0.717, 1.165) is 36.7 Å². The van der Waals surface area contributed by atoms with Crippen molar-refractivity contribution in [1.82, 2.24) is 0 Å². The molecule has 0 aromatic heterocycles. The fourth-order valence-electron chi connectivity index (χ4n) is 2.56. The smallest absolute Gasteiger partial charge is 0.124 e. The largest absolute Gasteiger partial charge is 0.507 e. The van der Waals surface area contributed by atoms with Gasteiger partial charge in [-0.05, 0) is 36.8 Å². The van der Waals surface area contributed by atoms with Crippen molar-refractivity contribution in [2.45, 2.75) is 71.6 Å². The fraction of sp³-hybridized carbons (Fsp3) is 0.611. The maximum absolute atomic E-state index is 10.8. The van der Waals surface area contributed by atoms with Crippen LogP contribution in [0.4, 0.5) is 0 Å². The third-order valence-corrected chi connectivity index (χ3v) is 3.75. The van der Waals surface area contributed by atoms with Gasteiger partial charge < -0.3 is 9.90 Å². The lowest BCUT2D eigenvalue weighted by Crippen LogP contribution is -1.97. The molecule has 1 aromatic rings. The highest BCUT2D eigenvalue weighted by atomic mass is 16.3. The van der Waals surface area contributed by atoms with Crippen LogP contribution in [0.15, 0.2) is 12.1 Å². The predicted molar refractivity (Wildman–Crippen MR) is 84.3 cm³/mol. The quantitative estimate of drug-likeness (QED) is 0.501. The highest BCUT2D eigenvalue weighted by Gasteiger charge is 2.09. The number of aromatic hydroxyl groups is 1. The molecule has 0 aliphatic rings. The molecule has 20 heavy (non-hydrogen) atoms. The van der Waals surface area contributed by atoms with Crippen LogP contribution in [0, 0.1) is 0 Å². The van der Waals surface area contributed by atoms with Crippen LogP contribution >= 0.6 is 0 Å². The molecule has 0 saturated carbocycles. The van der Waals surface area contributed by atoms with Gasteiger partial charge in [-0.2, -0.15) is 0 Å². The number of phenols is 1. The van der Waals surface area contributed by atoms with Crippen LogP contribution in [0.3, 0.4) is 0 Å². The van der Waals surface area contributed by atoms with E-state index in [4.69, 9.17) is 0 Å². The first-order valence-electron chi connectivity index (χ1n) is 8.00. The third kappa shape index (κ3) is 5.36. The van der Waals surface area contributed by atoms with Crippen molar-refractivity contribution < 1.29 is 9.90 Å².